The fourth-order valence-electron chi connectivity index (χ4n) is 2.46. The first-order chi connectivity index (χ1) is 9.60. The highest BCUT2D eigenvalue weighted by Gasteiger charge is 2.20. The number of para-hydroxylation sites is 1. The number of nitrogens with one attached hydrogen (secondary N) is 1. The Morgan fingerprint density at radius 1 is 1.35 bits per heavy atom. The number of hydrogen-bond donors (Lipinski definition) is 1. The van der Waals surface area contributed by atoms with Gasteiger partial charge < -0.3 is 19.0 Å². The van der Waals surface area contributed by atoms with Crippen LogP contribution in [-0.2, 0) is 4.74 Å². The van der Waals surface area contributed by atoms with Gasteiger partial charge in [0.25, 0.3) is 0 Å². The van der Waals surface area contributed by atoms with Gasteiger partial charge in [-0.25, -0.2) is 0 Å². The largest absolute Gasteiger partial charge is 0.492 e. The molecular weight excluding hydrogens is 272 g/mol. The van der Waals surface area contributed by atoms with Crippen molar-refractivity contribution in [2.24, 2.45) is 5.92 Å². The average Bonchev–Trinajstić information content (AvgIpc) is 2.73. The molecule has 0 aliphatic carbocycles. The molecule has 110 valence electrons. The highest BCUT2D eigenvalue weighted by Crippen LogP contribution is 2.29. The minimum atomic E-state index is 0.207. The third kappa shape index (κ3) is 2.74. The number of nitrogens with zero attached hydrogens (tertiary/aromatic N) is 1. The van der Waals surface area contributed by atoms with E-state index in [4.69, 9.17) is 21.7 Å². The zero-order chi connectivity index (χ0) is 14.7. The first-order valence-electron chi connectivity index (χ1n) is 6.95. The van der Waals surface area contributed by atoms with Crippen LogP contribution in [-0.4, -0.2) is 29.9 Å². The highest BCUT2D eigenvalue weighted by atomic mass is 32.1. The average molecular weight is 294 g/mol. The molecule has 0 fully saturated rings. The number of rotatable bonds is 6. The monoisotopic (exact) mass is 294 g/mol. The summed E-state index contributed by atoms with van der Waals surface area (Å²) in [5.74, 6) is 1.27. The normalized spacial score (nSPS) is 13.1. The zero-order valence-corrected chi connectivity index (χ0v) is 13.3. The summed E-state index contributed by atoms with van der Waals surface area (Å²) < 4.78 is 13.9. The Morgan fingerprint density at radius 3 is 2.70 bits per heavy atom. The van der Waals surface area contributed by atoms with Crippen LogP contribution in [0.1, 0.15) is 26.8 Å². The number of fused-ring (bicyclic) bond motifs is 1. The molecule has 1 atom stereocenters. The summed E-state index contributed by atoms with van der Waals surface area (Å²) in [4.78, 5) is 3.27. The fourth-order valence-corrected chi connectivity index (χ4v) is 2.80. The molecule has 0 spiro atoms. The Kier molecular flexibility index (Phi) is 4.83. The number of H-pyrrole nitrogens is 1. The number of aromatic nitrogens is 2. The Hall–Kier alpha value is -1.33. The van der Waals surface area contributed by atoms with Crippen LogP contribution in [0.25, 0.3) is 11.0 Å². The Labute approximate surface area is 124 Å². The number of ether oxygens (including phenoxy) is 2. The van der Waals surface area contributed by atoms with Crippen LogP contribution in [0.5, 0.6) is 5.75 Å². The molecule has 0 radical (unpaired) electrons. The van der Waals surface area contributed by atoms with Crippen LogP contribution in [0, 0.1) is 10.7 Å². The molecule has 0 saturated carbocycles. The lowest BCUT2D eigenvalue weighted by atomic mass is 10.1. The first kappa shape index (κ1) is 15.1. The Morgan fingerprint density at radius 2 is 2.10 bits per heavy atom. The molecule has 1 heterocycles. The van der Waals surface area contributed by atoms with Crippen LogP contribution in [0.15, 0.2) is 18.2 Å². The van der Waals surface area contributed by atoms with Crippen molar-refractivity contribution >= 4 is 23.3 Å². The summed E-state index contributed by atoms with van der Waals surface area (Å²) >= 11 is 5.50. The van der Waals surface area contributed by atoms with Crippen LogP contribution in [0.2, 0.25) is 0 Å². The number of benzene rings is 1. The first-order valence-corrected chi connectivity index (χ1v) is 7.35. The van der Waals surface area contributed by atoms with Gasteiger partial charge in [-0.2, -0.15) is 0 Å². The molecule has 2 rings (SSSR count). The van der Waals surface area contributed by atoms with E-state index in [1.54, 1.807) is 7.11 Å². The molecule has 1 unspecified atom stereocenters. The maximum absolute atomic E-state index is 5.67. The predicted octanol–water partition coefficient (Wildman–Crippen LogP) is 3.94. The van der Waals surface area contributed by atoms with Crippen molar-refractivity contribution in [2.45, 2.75) is 26.8 Å². The van der Waals surface area contributed by atoms with Gasteiger partial charge in [0.2, 0.25) is 0 Å². The Balaban J connectivity index is 2.61. The topological polar surface area (TPSA) is 39.2 Å². The lowest BCUT2D eigenvalue weighted by molar-refractivity contribution is 0.134. The second-order valence-electron chi connectivity index (χ2n) is 5.15. The summed E-state index contributed by atoms with van der Waals surface area (Å²) in [5, 5.41) is 0. The second kappa shape index (κ2) is 6.41. The molecule has 0 saturated heterocycles. The molecule has 0 aliphatic heterocycles. The predicted molar refractivity (Wildman–Crippen MR) is 84.0 cm³/mol. The molecule has 20 heavy (non-hydrogen) atoms. The SMILES string of the molecule is CCOc1cccc2c1[nH]c(=S)n2C(COC)C(C)C. The lowest BCUT2D eigenvalue weighted by Gasteiger charge is -2.22. The molecule has 0 amide bonds. The fraction of sp³-hybridized carbons (Fsp3) is 0.533. The molecule has 4 nitrogen and oxygen atoms in total. The molecular formula is C15H22N2O2S. The molecule has 0 bridgehead atoms. The van der Waals surface area contributed by atoms with Gasteiger partial charge in [-0.15, -0.1) is 0 Å². The van der Waals surface area contributed by atoms with Crippen molar-refractivity contribution in [1.29, 1.82) is 0 Å². The van der Waals surface area contributed by atoms with Crippen molar-refractivity contribution in [3.63, 3.8) is 0 Å². The van der Waals surface area contributed by atoms with Gasteiger partial charge in [0.15, 0.2) is 4.77 Å². The standard InChI is InChI=1S/C15H22N2O2S/c1-5-19-13-8-6-7-11-14(13)16-15(20)17(11)12(9-18-4)10(2)3/h6-8,10,12H,5,9H2,1-4H3,(H,16,20). The van der Waals surface area contributed by atoms with E-state index in [1.807, 2.05) is 19.1 Å². The number of aromatic amines is 1. The van der Waals surface area contributed by atoms with Crippen LogP contribution < -0.4 is 4.74 Å². The summed E-state index contributed by atoms with van der Waals surface area (Å²) in [6.07, 6.45) is 0. The number of imidazole rings is 1. The van der Waals surface area contributed by atoms with E-state index < -0.39 is 0 Å². The van der Waals surface area contributed by atoms with Crippen LogP contribution in [0.4, 0.5) is 0 Å². The van der Waals surface area contributed by atoms with Gasteiger partial charge in [0.1, 0.15) is 11.3 Å². The van der Waals surface area contributed by atoms with Gasteiger partial charge in [-0.3, -0.25) is 0 Å². The molecule has 0 aliphatic rings. The van der Waals surface area contributed by atoms with Crippen LogP contribution >= 0.6 is 12.2 Å². The molecule has 1 aromatic carbocycles. The van der Waals surface area contributed by atoms with E-state index in [2.05, 4.69) is 29.5 Å². The molecule has 1 N–H and O–H groups in total. The molecule has 2 aromatic rings. The third-order valence-corrected chi connectivity index (χ3v) is 3.75. The van der Waals surface area contributed by atoms with Crippen molar-refractivity contribution in [3.8, 4) is 5.75 Å². The number of hydrogen-bond acceptors (Lipinski definition) is 3. The van der Waals surface area contributed by atoms with E-state index in [0.717, 1.165) is 16.8 Å². The van der Waals surface area contributed by atoms with E-state index in [-0.39, 0.29) is 6.04 Å². The summed E-state index contributed by atoms with van der Waals surface area (Å²) in [5.41, 5.74) is 2.03. The summed E-state index contributed by atoms with van der Waals surface area (Å²) in [6.45, 7) is 7.61. The zero-order valence-electron chi connectivity index (χ0n) is 12.5. The maximum Gasteiger partial charge on any atom is 0.178 e. The molecule has 1 aromatic heterocycles. The summed E-state index contributed by atoms with van der Waals surface area (Å²) in [6, 6.07) is 6.23. The Bertz CT molecular complexity index is 630. The third-order valence-electron chi connectivity index (χ3n) is 3.45. The minimum absolute atomic E-state index is 0.207. The smallest absolute Gasteiger partial charge is 0.178 e. The highest BCUT2D eigenvalue weighted by molar-refractivity contribution is 7.71. The van der Waals surface area contributed by atoms with Crippen molar-refractivity contribution < 1.29 is 9.47 Å². The molecule has 5 heteroatoms. The van der Waals surface area contributed by atoms with Gasteiger partial charge >= 0.3 is 0 Å². The quantitative estimate of drug-likeness (QED) is 0.820. The maximum atomic E-state index is 5.67. The van der Waals surface area contributed by atoms with Crippen LogP contribution in [0.3, 0.4) is 0 Å². The number of methoxy groups -OCH3 is 1. The van der Waals surface area contributed by atoms with Crippen molar-refractivity contribution in [2.75, 3.05) is 20.3 Å². The lowest BCUT2D eigenvalue weighted by Crippen LogP contribution is -2.20. The van der Waals surface area contributed by atoms with Gasteiger partial charge in [-0.1, -0.05) is 19.9 Å². The van der Waals surface area contributed by atoms with E-state index in [1.165, 1.54) is 0 Å². The second-order valence-corrected chi connectivity index (χ2v) is 5.54. The van der Waals surface area contributed by atoms with E-state index >= 15 is 0 Å². The van der Waals surface area contributed by atoms with E-state index in [0.29, 0.717) is 23.9 Å². The van der Waals surface area contributed by atoms with Gasteiger partial charge in [0, 0.05) is 7.11 Å². The van der Waals surface area contributed by atoms with Crippen molar-refractivity contribution in [3.05, 3.63) is 23.0 Å². The minimum Gasteiger partial charge on any atom is -0.492 e. The van der Waals surface area contributed by atoms with Crippen molar-refractivity contribution in [1.82, 2.24) is 9.55 Å². The van der Waals surface area contributed by atoms with E-state index in [9.17, 15) is 0 Å². The summed E-state index contributed by atoms with van der Waals surface area (Å²) in [7, 11) is 1.72. The van der Waals surface area contributed by atoms with Gasteiger partial charge in [0.05, 0.1) is 24.8 Å². The van der Waals surface area contributed by atoms with Gasteiger partial charge in [-0.05, 0) is 37.2 Å².